The number of pyridine rings is 1. The number of aliphatic hydroxyl groups is 1. The molecule has 31 heavy (non-hydrogen) atoms. The quantitative estimate of drug-likeness (QED) is 0.512. The largest absolute Gasteiger partial charge is 0.503 e. The van der Waals surface area contributed by atoms with E-state index in [9.17, 15) is 14.7 Å². The molecule has 2 aromatic heterocycles. The van der Waals surface area contributed by atoms with Crippen LogP contribution in [0.15, 0.2) is 54.1 Å². The Morgan fingerprint density at radius 2 is 2.00 bits per heavy atom. The van der Waals surface area contributed by atoms with Gasteiger partial charge in [-0.2, -0.15) is 0 Å². The average molecular weight is 474 g/mol. The van der Waals surface area contributed by atoms with E-state index in [0.717, 1.165) is 10.6 Å². The number of thiazole rings is 1. The van der Waals surface area contributed by atoms with E-state index >= 15 is 0 Å². The van der Waals surface area contributed by atoms with Crippen molar-refractivity contribution in [3.05, 3.63) is 90.8 Å². The Balaban J connectivity index is 1.84. The Bertz CT molecular complexity index is 1220. The van der Waals surface area contributed by atoms with Gasteiger partial charge in [0.2, 0.25) is 5.78 Å². The lowest BCUT2D eigenvalue weighted by Gasteiger charge is -2.27. The van der Waals surface area contributed by atoms with Crippen LogP contribution in [-0.2, 0) is 11.3 Å². The lowest BCUT2D eigenvalue weighted by Crippen LogP contribution is -2.30. The SMILES string of the molecule is Cc1nc(C)c(C(=O)C2=C(O)C(=O)N(Cc3cccnc3)C2c2ccc(Cl)c(Cl)c2)s1. The molecule has 0 fully saturated rings. The zero-order valence-electron chi connectivity index (χ0n) is 16.6. The summed E-state index contributed by atoms with van der Waals surface area (Å²) in [7, 11) is 0. The molecule has 0 saturated carbocycles. The lowest BCUT2D eigenvalue weighted by atomic mass is 9.95. The second-order valence-corrected chi connectivity index (χ2v) is 9.13. The van der Waals surface area contributed by atoms with Crippen LogP contribution >= 0.6 is 34.5 Å². The zero-order valence-corrected chi connectivity index (χ0v) is 18.9. The van der Waals surface area contributed by atoms with Gasteiger partial charge in [0.25, 0.3) is 5.91 Å². The molecule has 3 aromatic rings. The first-order valence-corrected chi connectivity index (χ1v) is 10.9. The highest BCUT2D eigenvalue weighted by atomic mass is 35.5. The van der Waals surface area contributed by atoms with Crippen molar-refractivity contribution in [1.82, 2.24) is 14.9 Å². The standard InChI is InChI=1S/C22H17Cl2N3O3S/c1-11-21(31-12(2)26-11)19(28)17-18(14-5-6-15(23)16(24)8-14)27(22(30)20(17)29)10-13-4-3-7-25-9-13/h3-9,18,29H,10H2,1-2H3. The number of aliphatic hydroxyl groups excluding tert-OH is 1. The first-order chi connectivity index (χ1) is 14.8. The van der Waals surface area contributed by atoms with Crippen LogP contribution in [0.25, 0.3) is 0 Å². The molecule has 0 radical (unpaired) electrons. The van der Waals surface area contributed by atoms with Crippen molar-refractivity contribution in [2.75, 3.05) is 0 Å². The average Bonchev–Trinajstić information content (AvgIpc) is 3.21. The fourth-order valence-electron chi connectivity index (χ4n) is 3.63. The van der Waals surface area contributed by atoms with Crippen molar-refractivity contribution in [2.24, 2.45) is 0 Å². The van der Waals surface area contributed by atoms with Crippen molar-refractivity contribution in [2.45, 2.75) is 26.4 Å². The number of halogens is 2. The van der Waals surface area contributed by atoms with E-state index in [1.54, 1.807) is 50.5 Å². The Morgan fingerprint density at radius 3 is 2.61 bits per heavy atom. The van der Waals surface area contributed by atoms with E-state index in [1.165, 1.54) is 16.2 Å². The maximum Gasteiger partial charge on any atom is 0.290 e. The molecule has 1 atom stereocenters. The zero-order chi connectivity index (χ0) is 22.3. The number of amides is 1. The molecule has 3 heterocycles. The molecule has 0 spiro atoms. The van der Waals surface area contributed by atoms with Gasteiger partial charge in [0.05, 0.1) is 37.2 Å². The summed E-state index contributed by atoms with van der Waals surface area (Å²) in [4.78, 5) is 36.7. The summed E-state index contributed by atoms with van der Waals surface area (Å²) in [6.45, 7) is 3.68. The van der Waals surface area contributed by atoms with Gasteiger partial charge >= 0.3 is 0 Å². The van der Waals surface area contributed by atoms with Gasteiger partial charge in [-0.25, -0.2) is 4.98 Å². The van der Waals surface area contributed by atoms with Gasteiger partial charge in [0.1, 0.15) is 0 Å². The summed E-state index contributed by atoms with van der Waals surface area (Å²) in [6, 6.07) is 7.64. The van der Waals surface area contributed by atoms with E-state index in [4.69, 9.17) is 23.2 Å². The molecule has 0 saturated heterocycles. The van der Waals surface area contributed by atoms with Crippen LogP contribution < -0.4 is 0 Å². The highest BCUT2D eigenvalue weighted by molar-refractivity contribution is 7.14. The highest BCUT2D eigenvalue weighted by Crippen LogP contribution is 2.42. The maximum atomic E-state index is 13.5. The topological polar surface area (TPSA) is 83.4 Å². The molecular weight excluding hydrogens is 457 g/mol. The third kappa shape index (κ3) is 3.96. The predicted molar refractivity (Wildman–Crippen MR) is 120 cm³/mol. The summed E-state index contributed by atoms with van der Waals surface area (Å²) in [5.41, 5.74) is 1.88. The van der Waals surface area contributed by atoms with Crippen molar-refractivity contribution in [3.63, 3.8) is 0 Å². The lowest BCUT2D eigenvalue weighted by molar-refractivity contribution is -0.130. The van der Waals surface area contributed by atoms with Gasteiger partial charge < -0.3 is 10.0 Å². The molecular formula is C22H17Cl2N3O3S. The van der Waals surface area contributed by atoms with Crippen LogP contribution in [0.5, 0.6) is 0 Å². The van der Waals surface area contributed by atoms with Crippen LogP contribution in [0.2, 0.25) is 10.0 Å². The second kappa shape index (κ2) is 8.42. The molecule has 1 aliphatic rings. The fourth-order valence-corrected chi connectivity index (χ4v) is 4.81. The maximum absolute atomic E-state index is 13.5. The first-order valence-electron chi connectivity index (χ1n) is 9.34. The Hall–Kier alpha value is -2.74. The van der Waals surface area contributed by atoms with Crippen molar-refractivity contribution >= 4 is 46.2 Å². The predicted octanol–water partition coefficient (Wildman–Crippen LogP) is 5.24. The van der Waals surface area contributed by atoms with Crippen LogP contribution in [0.4, 0.5) is 0 Å². The fraction of sp³-hybridized carbons (Fsp3) is 0.182. The van der Waals surface area contributed by atoms with Crippen molar-refractivity contribution in [1.29, 1.82) is 0 Å². The van der Waals surface area contributed by atoms with Crippen LogP contribution in [0, 0.1) is 13.8 Å². The summed E-state index contributed by atoms with van der Waals surface area (Å²) >= 11 is 13.5. The minimum atomic E-state index is -0.836. The number of hydrogen-bond acceptors (Lipinski definition) is 6. The molecule has 1 amide bonds. The van der Waals surface area contributed by atoms with Gasteiger partial charge in [-0.05, 0) is 43.2 Å². The second-order valence-electron chi connectivity index (χ2n) is 7.11. The molecule has 1 unspecified atom stereocenters. The number of Topliss-reactive ketones (excluding diaryl/α,β-unsaturated/α-hetero) is 1. The number of nitrogens with zero attached hydrogens (tertiary/aromatic N) is 3. The molecule has 1 aliphatic heterocycles. The van der Waals surface area contributed by atoms with Gasteiger partial charge in [0, 0.05) is 18.9 Å². The van der Waals surface area contributed by atoms with Crippen molar-refractivity contribution < 1.29 is 14.7 Å². The third-order valence-electron chi connectivity index (χ3n) is 4.99. The van der Waals surface area contributed by atoms with E-state index in [0.29, 0.717) is 21.2 Å². The Morgan fingerprint density at radius 1 is 1.23 bits per heavy atom. The van der Waals surface area contributed by atoms with E-state index in [-0.39, 0.29) is 17.1 Å². The monoisotopic (exact) mass is 473 g/mol. The molecule has 6 nitrogen and oxygen atoms in total. The minimum absolute atomic E-state index is 0.000899. The number of hydrogen-bond donors (Lipinski definition) is 1. The van der Waals surface area contributed by atoms with Gasteiger partial charge in [-0.15, -0.1) is 11.3 Å². The minimum Gasteiger partial charge on any atom is -0.503 e. The summed E-state index contributed by atoms with van der Waals surface area (Å²) in [5.74, 6) is -1.64. The molecule has 0 bridgehead atoms. The van der Waals surface area contributed by atoms with E-state index in [2.05, 4.69) is 9.97 Å². The molecule has 1 aromatic carbocycles. The molecule has 158 valence electrons. The number of aromatic nitrogens is 2. The normalized spacial score (nSPS) is 16.3. The number of ketones is 1. The van der Waals surface area contributed by atoms with E-state index in [1.807, 2.05) is 6.07 Å². The summed E-state index contributed by atoms with van der Waals surface area (Å²) < 4.78 is 0. The van der Waals surface area contributed by atoms with Crippen LogP contribution in [-0.4, -0.2) is 31.7 Å². The van der Waals surface area contributed by atoms with Crippen LogP contribution in [0.3, 0.4) is 0 Å². The number of benzene rings is 1. The Kier molecular flexibility index (Phi) is 5.83. The summed E-state index contributed by atoms with van der Waals surface area (Å²) in [5, 5.41) is 12.1. The Labute approximate surface area is 192 Å². The van der Waals surface area contributed by atoms with Gasteiger partial charge in [-0.3, -0.25) is 14.6 Å². The third-order valence-corrected chi connectivity index (χ3v) is 6.80. The molecule has 0 aliphatic carbocycles. The number of aryl methyl sites for hydroxylation is 2. The van der Waals surface area contributed by atoms with Gasteiger partial charge in [-0.1, -0.05) is 35.3 Å². The highest BCUT2D eigenvalue weighted by Gasteiger charge is 2.44. The first kappa shape index (κ1) is 21.5. The smallest absolute Gasteiger partial charge is 0.290 e. The van der Waals surface area contributed by atoms with Crippen LogP contribution in [0.1, 0.15) is 37.5 Å². The van der Waals surface area contributed by atoms with Crippen molar-refractivity contribution in [3.8, 4) is 0 Å². The number of carbonyl (C=O) groups excluding carboxylic acids is 2. The summed E-state index contributed by atoms with van der Waals surface area (Å²) in [6.07, 6.45) is 3.26. The molecule has 9 heteroatoms. The molecule has 4 rings (SSSR count). The number of carbonyl (C=O) groups is 2. The van der Waals surface area contributed by atoms with E-state index < -0.39 is 23.5 Å². The van der Waals surface area contributed by atoms with Gasteiger partial charge in [0.15, 0.2) is 5.76 Å². The number of rotatable bonds is 5. The molecule has 1 N–H and O–H groups in total.